The van der Waals surface area contributed by atoms with Gasteiger partial charge in [0, 0.05) is 5.41 Å². The number of Topliss-reactive ketones (excluding diaryl/α,β-unsaturated/α-hetero) is 1. The second kappa shape index (κ2) is 7.14. The topological polar surface area (TPSA) is 43.4 Å². The first kappa shape index (κ1) is 17.5. The molecule has 2 fully saturated rings. The van der Waals surface area contributed by atoms with Gasteiger partial charge >= 0.3 is 5.97 Å². The third-order valence-corrected chi connectivity index (χ3v) is 5.99. The number of carbonyl (C=O) groups excluding carboxylic acids is 2. The van der Waals surface area contributed by atoms with Gasteiger partial charge in [0.15, 0.2) is 0 Å². The Hall–Kier alpha value is -0.860. The average Bonchev–Trinajstić information content (AvgIpc) is 2.55. The molecule has 0 amide bonds. The number of ether oxygens (including phenoxy) is 1. The van der Waals surface area contributed by atoms with E-state index in [2.05, 4.69) is 0 Å². The maximum Gasteiger partial charge on any atom is 0.375 e. The van der Waals surface area contributed by atoms with Crippen LogP contribution in [-0.4, -0.2) is 17.4 Å². The molecule has 2 saturated carbocycles. The molecule has 0 atom stereocenters. The van der Waals surface area contributed by atoms with Crippen LogP contribution in [0.5, 0.6) is 0 Å². The highest BCUT2D eigenvalue weighted by Crippen LogP contribution is 2.49. The van der Waals surface area contributed by atoms with Crippen LogP contribution < -0.4 is 0 Å². The van der Waals surface area contributed by atoms with E-state index in [1.165, 1.54) is 25.7 Å². The molecule has 3 heteroatoms. The molecule has 0 unspecified atom stereocenters. The van der Waals surface area contributed by atoms with E-state index in [1.807, 2.05) is 20.8 Å². The minimum Gasteiger partial charge on any atom is -0.454 e. The van der Waals surface area contributed by atoms with Gasteiger partial charge in [-0.25, -0.2) is 4.79 Å². The molecule has 3 nitrogen and oxygen atoms in total. The maximum absolute atomic E-state index is 13.0. The van der Waals surface area contributed by atoms with Gasteiger partial charge in [-0.3, -0.25) is 4.79 Å². The lowest BCUT2D eigenvalue weighted by molar-refractivity contribution is -0.171. The highest BCUT2D eigenvalue weighted by Gasteiger charge is 2.49. The quantitative estimate of drug-likeness (QED) is 0.540. The third-order valence-electron chi connectivity index (χ3n) is 5.99. The second-order valence-corrected chi connectivity index (χ2v) is 7.88. The Bertz CT molecular complexity index is 399. The van der Waals surface area contributed by atoms with Crippen molar-refractivity contribution >= 4 is 11.8 Å². The summed E-state index contributed by atoms with van der Waals surface area (Å²) in [5.41, 5.74) is -0.964. The number of ketones is 1. The van der Waals surface area contributed by atoms with Crippen molar-refractivity contribution in [3.63, 3.8) is 0 Å². The maximum atomic E-state index is 13.0. The molecule has 22 heavy (non-hydrogen) atoms. The van der Waals surface area contributed by atoms with Crippen molar-refractivity contribution in [1.82, 2.24) is 0 Å². The molecule has 0 aromatic rings. The van der Waals surface area contributed by atoms with Gasteiger partial charge < -0.3 is 4.74 Å². The molecule has 0 aliphatic heterocycles. The van der Waals surface area contributed by atoms with Crippen LogP contribution >= 0.6 is 0 Å². The smallest absolute Gasteiger partial charge is 0.375 e. The number of esters is 1. The highest BCUT2D eigenvalue weighted by molar-refractivity contribution is 6.36. The summed E-state index contributed by atoms with van der Waals surface area (Å²) in [4.78, 5) is 25.5. The molecule has 2 aliphatic rings. The Morgan fingerprint density at radius 1 is 1.00 bits per heavy atom. The molecule has 2 aliphatic carbocycles. The minimum absolute atomic E-state index is 0.222. The molecule has 2 rings (SSSR count). The zero-order valence-electron chi connectivity index (χ0n) is 14.6. The summed E-state index contributed by atoms with van der Waals surface area (Å²) >= 11 is 0. The van der Waals surface area contributed by atoms with Crippen molar-refractivity contribution in [2.45, 2.75) is 97.0 Å². The lowest BCUT2D eigenvalue weighted by atomic mass is 9.59. The first-order valence-electron chi connectivity index (χ1n) is 9.19. The van der Waals surface area contributed by atoms with Gasteiger partial charge in [-0.05, 0) is 51.9 Å². The van der Waals surface area contributed by atoms with E-state index in [4.69, 9.17) is 4.74 Å². The molecule has 0 bridgehead atoms. The fourth-order valence-electron chi connectivity index (χ4n) is 4.23. The van der Waals surface area contributed by atoms with E-state index in [0.717, 1.165) is 44.9 Å². The summed E-state index contributed by atoms with van der Waals surface area (Å²) in [5.74, 6) is -0.411. The highest BCUT2D eigenvalue weighted by atomic mass is 16.6. The standard InChI is InChI=1S/C19H32O3/c1-4-18(2,3)22-17(21)16(20)19(13-9-6-10-14-19)15-11-7-5-8-12-15/h15H,4-14H2,1-3H3. The van der Waals surface area contributed by atoms with Crippen molar-refractivity contribution in [2.24, 2.45) is 11.3 Å². The number of hydrogen-bond acceptors (Lipinski definition) is 3. The van der Waals surface area contributed by atoms with Gasteiger partial charge in [-0.2, -0.15) is 0 Å². The van der Waals surface area contributed by atoms with Crippen LogP contribution in [0.1, 0.15) is 91.4 Å². The molecule has 0 spiro atoms. The van der Waals surface area contributed by atoms with E-state index in [9.17, 15) is 9.59 Å². The number of carbonyl (C=O) groups is 2. The molecule has 0 radical (unpaired) electrons. The Morgan fingerprint density at radius 3 is 2.09 bits per heavy atom. The van der Waals surface area contributed by atoms with Gasteiger partial charge in [-0.1, -0.05) is 45.4 Å². The molecule has 0 N–H and O–H groups in total. The van der Waals surface area contributed by atoms with Crippen molar-refractivity contribution in [3.8, 4) is 0 Å². The van der Waals surface area contributed by atoms with E-state index in [-0.39, 0.29) is 5.78 Å². The van der Waals surface area contributed by atoms with Crippen molar-refractivity contribution in [2.75, 3.05) is 0 Å². The van der Waals surface area contributed by atoms with Crippen molar-refractivity contribution < 1.29 is 14.3 Å². The van der Waals surface area contributed by atoms with Crippen LogP contribution in [0, 0.1) is 11.3 Å². The molecular weight excluding hydrogens is 276 g/mol. The normalized spacial score (nSPS) is 23.0. The van der Waals surface area contributed by atoms with Gasteiger partial charge in [-0.15, -0.1) is 0 Å². The number of rotatable bonds is 5. The summed E-state index contributed by atoms with van der Waals surface area (Å²) < 4.78 is 5.53. The van der Waals surface area contributed by atoms with Crippen molar-refractivity contribution in [3.05, 3.63) is 0 Å². The first-order chi connectivity index (χ1) is 10.4. The first-order valence-corrected chi connectivity index (χ1v) is 9.19. The predicted octanol–water partition coefficient (Wildman–Crippen LogP) is 4.82. The second-order valence-electron chi connectivity index (χ2n) is 7.88. The lowest BCUT2D eigenvalue weighted by Gasteiger charge is -2.43. The monoisotopic (exact) mass is 308 g/mol. The zero-order valence-corrected chi connectivity index (χ0v) is 14.6. The Balaban J connectivity index is 2.17. The van der Waals surface area contributed by atoms with Crippen LogP contribution in [0.3, 0.4) is 0 Å². The summed E-state index contributed by atoms with van der Waals surface area (Å²) in [6.07, 6.45) is 11.7. The third kappa shape index (κ3) is 3.72. The van der Waals surface area contributed by atoms with Gasteiger partial charge in [0.2, 0.25) is 5.78 Å². The summed E-state index contributed by atoms with van der Waals surface area (Å²) in [5, 5.41) is 0. The fourth-order valence-corrected chi connectivity index (χ4v) is 4.23. The van der Waals surface area contributed by atoms with E-state index in [0.29, 0.717) is 5.92 Å². The predicted molar refractivity (Wildman–Crippen MR) is 87.6 cm³/mol. The van der Waals surface area contributed by atoms with Crippen LogP contribution in [-0.2, 0) is 14.3 Å². The van der Waals surface area contributed by atoms with Crippen molar-refractivity contribution in [1.29, 1.82) is 0 Å². The van der Waals surface area contributed by atoms with Crippen LogP contribution in [0.15, 0.2) is 0 Å². The Morgan fingerprint density at radius 2 is 1.55 bits per heavy atom. The van der Waals surface area contributed by atoms with E-state index >= 15 is 0 Å². The largest absolute Gasteiger partial charge is 0.454 e. The van der Waals surface area contributed by atoms with Gasteiger partial charge in [0.25, 0.3) is 0 Å². The minimum atomic E-state index is -0.584. The molecule has 0 heterocycles. The zero-order chi connectivity index (χ0) is 16.2. The SMILES string of the molecule is CCC(C)(C)OC(=O)C(=O)C1(C2CCCCC2)CCCCC1. The van der Waals surface area contributed by atoms with Gasteiger partial charge in [0.05, 0.1) is 0 Å². The average molecular weight is 308 g/mol. The number of hydrogen-bond donors (Lipinski definition) is 0. The summed E-state index contributed by atoms with van der Waals surface area (Å²) in [7, 11) is 0. The lowest BCUT2D eigenvalue weighted by Crippen LogP contribution is -2.47. The van der Waals surface area contributed by atoms with E-state index < -0.39 is 17.0 Å². The van der Waals surface area contributed by atoms with Crippen LogP contribution in [0.2, 0.25) is 0 Å². The Labute approximate surface area is 135 Å². The fraction of sp³-hybridized carbons (Fsp3) is 0.895. The van der Waals surface area contributed by atoms with Gasteiger partial charge in [0.1, 0.15) is 5.60 Å². The molecule has 0 saturated heterocycles. The van der Waals surface area contributed by atoms with Crippen LogP contribution in [0.4, 0.5) is 0 Å². The Kier molecular flexibility index (Phi) is 5.68. The molecule has 126 valence electrons. The van der Waals surface area contributed by atoms with Crippen LogP contribution in [0.25, 0.3) is 0 Å². The molecule has 0 aromatic carbocycles. The molecular formula is C19H32O3. The summed E-state index contributed by atoms with van der Waals surface area (Å²) in [6, 6.07) is 0. The summed E-state index contributed by atoms with van der Waals surface area (Å²) in [6.45, 7) is 5.74. The molecule has 0 aromatic heterocycles. The van der Waals surface area contributed by atoms with E-state index in [1.54, 1.807) is 0 Å².